The standard InChI is InChI=1S/C8H8FNO/c9-8-4-3-7(6-10-8)2-1-5-11/h1-4,6,11H,5H2/b2-1+. The van der Waals surface area contributed by atoms with Crippen molar-refractivity contribution in [3.05, 3.63) is 35.9 Å². The minimum absolute atomic E-state index is 0.0165. The topological polar surface area (TPSA) is 33.1 Å². The normalized spacial score (nSPS) is 10.7. The van der Waals surface area contributed by atoms with Gasteiger partial charge in [-0.1, -0.05) is 12.2 Å². The van der Waals surface area contributed by atoms with E-state index in [1.165, 1.54) is 12.3 Å². The zero-order valence-electron chi connectivity index (χ0n) is 5.87. The van der Waals surface area contributed by atoms with Crippen molar-refractivity contribution in [3.8, 4) is 0 Å². The molecular formula is C8H8FNO. The van der Waals surface area contributed by atoms with Gasteiger partial charge in [-0.05, 0) is 17.7 Å². The maximum atomic E-state index is 12.2. The van der Waals surface area contributed by atoms with Gasteiger partial charge in [0.1, 0.15) is 0 Å². The lowest BCUT2D eigenvalue weighted by Gasteiger charge is -1.90. The Hall–Kier alpha value is -1.22. The van der Waals surface area contributed by atoms with E-state index in [1.54, 1.807) is 18.2 Å². The van der Waals surface area contributed by atoms with Gasteiger partial charge >= 0.3 is 0 Å². The highest BCUT2D eigenvalue weighted by atomic mass is 19.1. The molecule has 0 spiro atoms. The summed E-state index contributed by atoms with van der Waals surface area (Å²) >= 11 is 0. The van der Waals surface area contributed by atoms with Gasteiger partial charge in [0.05, 0.1) is 6.61 Å². The molecule has 3 heteroatoms. The van der Waals surface area contributed by atoms with E-state index in [0.29, 0.717) is 0 Å². The minimum atomic E-state index is -0.494. The molecule has 0 aromatic carbocycles. The summed E-state index contributed by atoms with van der Waals surface area (Å²) in [5.41, 5.74) is 0.778. The molecular weight excluding hydrogens is 145 g/mol. The van der Waals surface area contributed by atoms with Crippen LogP contribution in [-0.2, 0) is 0 Å². The fourth-order valence-electron chi connectivity index (χ4n) is 0.675. The molecule has 0 aliphatic heterocycles. The summed E-state index contributed by atoms with van der Waals surface area (Å²) in [6.45, 7) is -0.0165. The van der Waals surface area contributed by atoms with Crippen LogP contribution >= 0.6 is 0 Å². The largest absolute Gasteiger partial charge is 0.392 e. The van der Waals surface area contributed by atoms with Crippen molar-refractivity contribution in [3.63, 3.8) is 0 Å². The first-order valence-electron chi connectivity index (χ1n) is 3.22. The third-order valence-corrected chi connectivity index (χ3v) is 1.17. The molecule has 0 radical (unpaired) electrons. The average molecular weight is 153 g/mol. The van der Waals surface area contributed by atoms with Gasteiger partial charge in [-0.25, -0.2) is 4.98 Å². The second-order valence-electron chi connectivity index (χ2n) is 2.00. The van der Waals surface area contributed by atoms with Gasteiger partial charge in [0.15, 0.2) is 0 Å². The van der Waals surface area contributed by atoms with Gasteiger partial charge in [-0.15, -0.1) is 0 Å². The lowest BCUT2D eigenvalue weighted by molar-refractivity contribution is 0.343. The highest BCUT2D eigenvalue weighted by molar-refractivity contribution is 5.47. The molecule has 0 saturated carbocycles. The number of aromatic nitrogens is 1. The maximum absolute atomic E-state index is 12.2. The Morgan fingerprint density at radius 2 is 2.36 bits per heavy atom. The molecule has 2 nitrogen and oxygen atoms in total. The maximum Gasteiger partial charge on any atom is 0.212 e. The summed E-state index contributed by atoms with van der Waals surface area (Å²) in [4.78, 5) is 3.43. The molecule has 58 valence electrons. The summed E-state index contributed by atoms with van der Waals surface area (Å²) in [7, 11) is 0. The van der Waals surface area contributed by atoms with Crippen LogP contribution in [0.5, 0.6) is 0 Å². The summed E-state index contributed by atoms with van der Waals surface area (Å²) in [6, 6.07) is 2.87. The van der Waals surface area contributed by atoms with Crippen LogP contribution in [0.15, 0.2) is 24.4 Å². The Morgan fingerprint density at radius 1 is 1.55 bits per heavy atom. The monoisotopic (exact) mass is 153 g/mol. The molecule has 0 unspecified atom stereocenters. The van der Waals surface area contributed by atoms with Gasteiger partial charge in [0.25, 0.3) is 0 Å². The van der Waals surface area contributed by atoms with Crippen LogP contribution in [0.3, 0.4) is 0 Å². The van der Waals surface area contributed by atoms with E-state index in [4.69, 9.17) is 5.11 Å². The molecule has 0 aliphatic rings. The third kappa shape index (κ3) is 2.47. The SMILES string of the molecule is OC/C=C/c1ccc(F)nc1. The fraction of sp³-hybridized carbons (Fsp3) is 0.125. The Labute approximate surface area is 64.0 Å². The Morgan fingerprint density at radius 3 is 2.91 bits per heavy atom. The first-order chi connectivity index (χ1) is 5.33. The molecule has 1 rings (SSSR count). The third-order valence-electron chi connectivity index (χ3n) is 1.17. The number of pyridine rings is 1. The van der Waals surface area contributed by atoms with E-state index in [1.807, 2.05) is 0 Å². The lowest BCUT2D eigenvalue weighted by Crippen LogP contribution is -1.81. The fourth-order valence-corrected chi connectivity index (χ4v) is 0.675. The van der Waals surface area contributed by atoms with E-state index < -0.39 is 5.95 Å². The summed E-state index contributed by atoms with van der Waals surface area (Å²) < 4.78 is 12.2. The zero-order chi connectivity index (χ0) is 8.10. The van der Waals surface area contributed by atoms with Crippen LogP contribution in [0.2, 0.25) is 0 Å². The highest BCUT2D eigenvalue weighted by Gasteiger charge is 1.88. The number of rotatable bonds is 2. The number of halogens is 1. The second-order valence-corrected chi connectivity index (χ2v) is 2.00. The zero-order valence-corrected chi connectivity index (χ0v) is 5.87. The van der Waals surface area contributed by atoms with Crippen molar-refractivity contribution >= 4 is 6.08 Å². The highest BCUT2D eigenvalue weighted by Crippen LogP contribution is 2.00. The molecule has 0 atom stereocenters. The molecule has 0 amide bonds. The molecule has 1 N–H and O–H groups in total. The predicted octanol–water partition coefficient (Wildman–Crippen LogP) is 1.23. The number of hydrogen-bond donors (Lipinski definition) is 1. The van der Waals surface area contributed by atoms with Crippen molar-refractivity contribution < 1.29 is 9.50 Å². The quantitative estimate of drug-likeness (QED) is 0.648. The Kier molecular flexibility index (Phi) is 2.74. The van der Waals surface area contributed by atoms with Gasteiger partial charge in [-0.3, -0.25) is 0 Å². The van der Waals surface area contributed by atoms with Crippen molar-refractivity contribution in [2.45, 2.75) is 0 Å². The Bertz CT molecular complexity index is 243. The molecule has 0 fully saturated rings. The second kappa shape index (κ2) is 3.83. The molecule has 0 bridgehead atoms. The number of nitrogens with zero attached hydrogens (tertiary/aromatic N) is 1. The predicted molar refractivity (Wildman–Crippen MR) is 40.3 cm³/mol. The van der Waals surface area contributed by atoms with Gasteiger partial charge in [0.2, 0.25) is 5.95 Å². The van der Waals surface area contributed by atoms with Crippen LogP contribution in [0.1, 0.15) is 5.56 Å². The first kappa shape index (κ1) is 7.88. The number of aliphatic hydroxyl groups excluding tert-OH is 1. The number of hydrogen-bond acceptors (Lipinski definition) is 2. The summed E-state index contributed by atoms with van der Waals surface area (Å²) in [5, 5.41) is 8.40. The molecule has 1 aromatic rings. The van der Waals surface area contributed by atoms with Gasteiger partial charge in [0, 0.05) is 6.20 Å². The van der Waals surface area contributed by atoms with Crippen LogP contribution in [-0.4, -0.2) is 16.7 Å². The molecule has 0 saturated heterocycles. The smallest absolute Gasteiger partial charge is 0.212 e. The van der Waals surface area contributed by atoms with Crippen molar-refractivity contribution in [2.75, 3.05) is 6.61 Å². The van der Waals surface area contributed by atoms with E-state index in [0.717, 1.165) is 5.56 Å². The number of aliphatic hydroxyl groups is 1. The molecule has 11 heavy (non-hydrogen) atoms. The van der Waals surface area contributed by atoms with Crippen molar-refractivity contribution in [1.82, 2.24) is 4.98 Å². The van der Waals surface area contributed by atoms with Gasteiger partial charge < -0.3 is 5.11 Å². The molecule has 1 aromatic heterocycles. The molecule has 1 heterocycles. The van der Waals surface area contributed by atoms with Crippen LogP contribution in [0.4, 0.5) is 4.39 Å². The van der Waals surface area contributed by atoms with Crippen LogP contribution < -0.4 is 0 Å². The van der Waals surface area contributed by atoms with Crippen molar-refractivity contribution in [1.29, 1.82) is 0 Å². The van der Waals surface area contributed by atoms with E-state index >= 15 is 0 Å². The summed E-state index contributed by atoms with van der Waals surface area (Å²) in [5.74, 6) is -0.494. The van der Waals surface area contributed by atoms with E-state index in [2.05, 4.69) is 4.98 Å². The average Bonchev–Trinajstić information content (AvgIpc) is 2.04. The summed E-state index contributed by atoms with van der Waals surface area (Å²) in [6.07, 6.45) is 4.64. The minimum Gasteiger partial charge on any atom is -0.392 e. The van der Waals surface area contributed by atoms with Crippen molar-refractivity contribution in [2.24, 2.45) is 0 Å². The lowest BCUT2D eigenvalue weighted by atomic mass is 10.3. The van der Waals surface area contributed by atoms with E-state index in [-0.39, 0.29) is 6.61 Å². The van der Waals surface area contributed by atoms with Crippen LogP contribution in [0.25, 0.3) is 6.08 Å². The molecule has 0 aliphatic carbocycles. The van der Waals surface area contributed by atoms with Gasteiger partial charge in [-0.2, -0.15) is 4.39 Å². The first-order valence-corrected chi connectivity index (χ1v) is 3.22. The van der Waals surface area contributed by atoms with E-state index in [9.17, 15) is 4.39 Å². The van der Waals surface area contributed by atoms with Crippen LogP contribution in [0, 0.1) is 5.95 Å². The Balaban J connectivity index is 2.73.